The van der Waals surface area contributed by atoms with Crippen molar-refractivity contribution in [3.63, 3.8) is 0 Å². The quantitative estimate of drug-likeness (QED) is 0.262. The Labute approximate surface area is 286 Å². The van der Waals surface area contributed by atoms with Crippen molar-refractivity contribution in [2.24, 2.45) is 0 Å². The van der Waals surface area contributed by atoms with Gasteiger partial charge in [0.2, 0.25) is 20.0 Å². The molecule has 2 heterocycles. The molecule has 0 unspecified atom stereocenters. The van der Waals surface area contributed by atoms with Crippen LogP contribution in [0, 0.1) is 5.82 Å². The van der Waals surface area contributed by atoms with Crippen molar-refractivity contribution in [2.75, 3.05) is 41.3 Å². The van der Waals surface area contributed by atoms with Gasteiger partial charge in [0.05, 0.1) is 29.4 Å². The first-order valence-corrected chi connectivity index (χ1v) is 19.6. The summed E-state index contributed by atoms with van der Waals surface area (Å²) >= 11 is 0. The number of anilines is 2. The SMILES string of the molecule is CNC(=O)c1c(-c2ccc(F)cc2)oc2cc3c(cc12)-c1cc(C(=O)NC(C)(C)C)cc(c1)N(S(C)(=O)=O)CCCCCCN3S(C)(=O)=O. The lowest BCUT2D eigenvalue weighted by Gasteiger charge is -2.27. The molecule has 0 saturated carbocycles. The van der Waals surface area contributed by atoms with E-state index in [1.54, 1.807) is 24.3 Å². The monoisotopic (exact) mass is 712 g/mol. The van der Waals surface area contributed by atoms with E-state index in [1.807, 2.05) is 20.8 Å². The van der Waals surface area contributed by atoms with Gasteiger partial charge in [0.1, 0.15) is 17.2 Å². The first-order valence-electron chi connectivity index (χ1n) is 15.9. The first-order chi connectivity index (χ1) is 22.9. The fourth-order valence-corrected chi connectivity index (χ4v) is 7.91. The van der Waals surface area contributed by atoms with E-state index < -0.39 is 43.2 Å². The highest BCUT2D eigenvalue weighted by Crippen LogP contribution is 2.43. The maximum atomic E-state index is 13.9. The Hall–Kier alpha value is -4.43. The summed E-state index contributed by atoms with van der Waals surface area (Å²) in [7, 11) is -6.22. The summed E-state index contributed by atoms with van der Waals surface area (Å²) in [6.45, 7) is 5.75. The molecule has 0 atom stereocenters. The van der Waals surface area contributed by atoms with Crippen molar-refractivity contribution in [3.05, 3.63) is 71.5 Å². The number of nitrogens with zero attached hydrogens (tertiary/aromatic N) is 2. The number of nitrogens with one attached hydrogen (secondary N) is 2. The molecule has 11 nitrogen and oxygen atoms in total. The Bertz CT molecular complexity index is 2140. The Morgan fingerprint density at radius 1 is 0.796 bits per heavy atom. The highest BCUT2D eigenvalue weighted by Gasteiger charge is 2.29. The van der Waals surface area contributed by atoms with Gasteiger partial charge in [-0.15, -0.1) is 0 Å². The zero-order valence-corrected chi connectivity index (χ0v) is 30.0. The van der Waals surface area contributed by atoms with E-state index in [-0.39, 0.29) is 46.9 Å². The van der Waals surface area contributed by atoms with Crippen LogP contribution in [-0.2, 0) is 20.0 Å². The van der Waals surface area contributed by atoms with Gasteiger partial charge in [0, 0.05) is 53.8 Å². The summed E-state index contributed by atoms with van der Waals surface area (Å²) in [6.07, 6.45) is 4.48. The predicted octanol–water partition coefficient (Wildman–Crippen LogP) is 5.90. The molecule has 1 aliphatic rings. The Kier molecular flexibility index (Phi) is 9.86. The number of carbonyl (C=O) groups excluding carboxylic acids is 2. The standard InChI is InChI=1S/C35H41FN4O7S2/c1-35(2,3)38-33(41)24-17-23-18-26(19-24)39(48(5,43)44)15-9-7-8-10-16-40(49(6,45)46)29-21-30-28(20-27(23)29)31(34(42)37-4)32(47-30)22-11-13-25(36)14-12-22/h11-14,17-21H,7-10,15-16H2,1-6H3,(H,37,42)(H,38,41). The third kappa shape index (κ3) is 7.91. The summed E-state index contributed by atoms with van der Waals surface area (Å²) in [5.74, 6) is -1.27. The van der Waals surface area contributed by atoms with Crippen LogP contribution in [0.3, 0.4) is 0 Å². The largest absolute Gasteiger partial charge is 0.455 e. The zero-order valence-electron chi connectivity index (χ0n) is 28.4. The number of benzene rings is 3. The van der Waals surface area contributed by atoms with Crippen LogP contribution in [0.1, 0.15) is 67.2 Å². The van der Waals surface area contributed by atoms with Gasteiger partial charge in [-0.3, -0.25) is 18.2 Å². The van der Waals surface area contributed by atoms with Crippen LogP contribution in [0.25, 0.3) is 33.4 Å². The number of hydrogen-bond acceptors (Lipinski definition) is 7. The number of amides is 2. The maximum Gasteiger partial charge on any atom is 0.255 e. The Morgan fingerprint density at radius 3 is 1.98 bits per heavy atom. The van der Waals surface area contributed by atoms with E-state index in [4.69, 9.17) is 4.42 Å². The average Bonchev–Trinajstić information content (AvgIpc) is 3.37. The van der Waals surface area contributed by atoms with Gasteiger partial charge in [0.15, 0.2) is 0 Å². The molecule has 0 fully saturated rings. The van der Waals surface area contributed by atoms with Crippen molar-refractivity contribution >= 4 is 54.2 Å². The second kappa shape index (κ2) is 13.5. The number of carbonyl (C=O) groups is 2. The zero-order chi connectivity index (χ0) is 35.9. The topological polar surface area (TPSA) is 146 Å². The summed E-state index contributed by atoms with van der Waals surface area (Å²) in [4.78, 5) is 27.0. The minimum Gasteiger partial charge on any atom is -0.455 e. The molecule has 262 valence electrons. The van der Waals surface area contributed by atoms with Crippen molar-refractivity contribution in [2.45, 2.75) is 52.0 Å². The molecular formula is C35H41FN4O7S2. The van der Waals surface area contributed by atoms with E-state index >= 15 is 0 Å². The van der Waals surface area contributed by atoms with Crippen LogP contribution in [-0.4, -0.2) is 66.8 Å². The molecule has 0 spiro atoms. The molecule has 49 heavy (non-hydrogen) atoms. The summed E-state index contributed by atoms with van der Waals surface area (Å²) in [5, 5.41) is 5.88. The third-order valence-corrected chi connectivity index (χ3v) is 10.6. The lowest BCUT2D eigenvalue weighted by Crippen LogP contribution is -2.40. The van der Waals surface area contributed by atoms with Crippen molar-refractivity contribution in [1.29, 1.82) is 0 Å². The minimum absolute atomic E-state index is 0.123. The van der Waals surface area contributed by atoms with Gasteiger partial charge >= 0.3 is 0 Å². The molecule has 2 amide bonds. The number of hydrogen-bond donors (Lipinski definition) is 2. The number of halogens is 1. The first kappa shape index (κ1) is 35.9. The van der Waals surface area contributed by atoms with Crippen LogP contribution < -0.4 is 19.2 Å². The number of fused-ring (bicyclic) bond motifs is 5. The molecule has 1 aliphatic heterocycles. The molecule has 3 aromatic carbocycles. The predicted molar refractivity (Wildman–Crippen MR) is 191 cm³/mol. The van der Waals surface area contributed by atoms with Crippen LogP contribution in [0.5, 0.6) is 0 Å². The smallest absolute Gasteiger partial charge is 0.255 e. The Morgan fingerprint density at radius 2 is 1.41 bits per heavy atom. The van der Waals surface area contributed by atoms with Crippen molar-refractivity contribution < 1.29 is 35.2 Å². The van der Waals surface area contributed by atoms with Crippen LogP contribution in [0.4, 0.5) is 15.8 Å². The van der Waals surface area contributed by atoms with E-state index in [1.165, 1.54) is 46.0 Å². The lowest BCUT2D eigenvalue weighted by molar-refractivity contribution is 0.0918. The second-order valence-electron chi connectivity index (χ2n) is 13.3. The molecule has 2 N–H and O–H groups in total. The molecule has 4 aromatic rings. The fourth-order valence-electron chi connectivity index (χ4n) is 5.99. The lowest BCUT2D eigenvalue weighted by atomic mass is 9.96. The second-order valence-corrected chi connectivity index (χ2v) is 17.1. The van der Waals surface area contributed by atoms with Crippen LogP contribution >= 0.6 is 0 Å². The molecule has 5 rings (SSSR count). The van der Waals surface area contributed by atoms with Crippen molar-refractivity contribution in [1.82, 2.24) is 10.6 Å². The molecule has 0 aliphatic carbocycles. The Balaban J connectivity index is 1.91. The summed E-state index contributed by atoms with van der Waals surface area (Å²) < 4.78 is 75.8. The van der Waals surface area contributed by atoms with Crippen LogP contribution in [0.15, 0.2) is 59.0 Å². The summed E-state index contributed by atoms with van der Waals surface area (Å²) in [5.41, 5.74) is 1.45. The van der Waals surface area contributed by atoms with Gasteiger partial charge in [-0.1, -0.05) is 12.8 Å². The van der Waals surface area contributed by atoms with Crippen LogP contribution in [0.2, 0.25) is 0 Å². The van der Waals surface area contributed by atoms with Gasteiger partial charge in [-0.2, -0.15) is 0 Å². The van der Waals surface area contributed by atoms with Gasteiger partial charge in [-0.25, -0.2) is 21.2 Å². The molecular weight excluding hydrogens is 672 g/mol. The molecule has 2 bridgehead atoms. The highest BCUT2D eigenvalue weighted by molar-refractivity contribution is 7.92. The van der Waals surface area contributed by atoms with Gasteiger partial charge in [-0.05, 0) is 87.7 Å². The third-order valence-electron chi connectivity index (χ3n) is 8.18. The molecule has 0 radical (unpaired) electrons. The van der Waals surface area contributed by atoms with E-state index in [9.17, 15) is 30.8 Å². The number of rotatable bonds is 5. The van der Waals surface area contributed by atoms with E-state index in [0.29, 0.717) is 47.8 Å². The van der Waals surface area contributed by atoms with Gasteiger partial charge < -0.3 is 15.1 Å². The van der Waals surface area contributed by atoms with Crippen molar-refractivity contribution in [3.8, 4) is 22.5 Å². The van der Waals surface area contributed by atoms with E-state index in [2.05, 4.69) is 10.6 Å². The van der Waals surface area contributed by atoms with Gasteiger partial charge in [0.25, 0.3) is 11.8 Å². The van der Waals surface area contributed by atoms with E-state index in [0.717, 1.165) is 12.5 Å². The number of sulfonamides is 2. The fraction of sp³-hybridized carbons (Fsp3) is 0.371. The molecule has 1 aromatic heterocycles. The number of furan rings is 1. The molecule has 0 saturated heterocycles. The normalized spacial score (nSPS) is 14.8. The molecule has 14 heteroatoms. The average molecular weight is 713 g/mol. The minimum atomic E-state index is -3.88. The maximum absolute atomic E-state index is 13.9. The highest BCUT2D eigenvalue weighted by atomic mass is 32.2. The summed E-state index contributed by atoms with van der Waals surface area (Å²) in [6, 6.07) is 13.3.